The third-order valence-electron chi connectivity index (χ3n) is 3.37. The molecule has 19 heavy (non-hydrogen) atoms. The van der Waals surface area contributed by atoms with E-state index in [4.69, 9.17) is 24.4 Å². The topological polar surface area (TPSA) is 46.4 Å². The zero-order chi connectivity index (χ0) is 14.0. The van der Waals surface area contributed by atoms with E-state index in [1.54, 1.807) is 30.5 Å². The molecular weight excluding hydrogens is 280 g/mol. The van der Waals surface area contributed by atoms with Crippen LogP contribution in [0.5, 0.6) is 0 Å². The molecule has 0 N–H and O–H groups in total. The van der Waals surface area contributed by atoms with Crippen LogP contribution in [0.25, 0.3) is 0 Å². The van der Waals surface area contributed by atoms with Crippen molar-refractivity contribution in [2.24, 2.45) is 0 Å². The van der Waals surface area contributed by atoms with Gasteiger partial charge in [-0.2, -0.15) is 0 Å². The maximum Gasteiger partial charge on any atom is 0.282 e. The molecule has 0 radical (unpaired) electrons. The summed E-state index contributed by atoms with van der Waals surface area (Å²) in [6, 6.07) is 5.35. The highest BCUT2D eigenvalue weighted by molar-refractivity contribution is 7.80. The number of para-hydroxylation sites is 1. The minimum absolute atomic E-state index is 0.0996. The molecule has 0 aliphatic carbocycles. The van der Waals surface area contributed by atoms with E-state index >= 15 is 0 Å². The van der Waals surface area contributed by atoms with Crippen LogP contribution in [0, 0.1) is 17.0 Å². The number of rotatable bonds is 3. The Balaban J connectivity index is 2.42. The molecule has 0 aromatic heterocycles. The van der Waals surface area contributed by atoms with Crippen molar-refractivity contribution in [1.29, 1.82) is 0 Å². The maximum atomic E-state index is 11.2. The van der Waals surface area contributed by atoms with Crippen LogP contribution in [0.2, 0.25) is 0 Å². The van der Waals surface area contributed by atoms with Gasteiger partial charge in [-0.15, -0.1) is 0 Å². The van der Waals surface area contributed by atoms with Crippen molar-refractivity contribution < 1.29 is 4.92 Å². The van der Waals surface area contributed by atoms with Gasteiger partial charge in [0.05, 0.1) is 16.5 Å². The van der Waals surface area contributed by atoms with Crippen LogP contribution in [0.15, 0.2) is 18.2 Å². The summed E-state index contributed by atoms with van der Waals surface area (Å²) in [6.07, 6.45) is 1.97. The number of nitro groups is 1. The lowest BCUT2D eigenvalue weighted by Gasteiger charge is -2.24. The predicted octanol–water partition coefficient (Wildman–Crippen LogP) is 3.04. The Bertz CT molecular complexity index is 545. The van der Waals surface area contributed by atoms with E-state index in [1.165, 1.54) is 0 Å². The third kappa shape index (κ3) is 2.64. The first-order valence-electron chi connectivity index (χ1n) is 6.06. The van der Waals surface area contributed by atoms with Crippen molar-refractivity contribution in [3.63, 3.8) is 0 Å². The van der Waals surface area contributed by atoms with Crippen molar-refractivity contribution in [3.05, 3.63) is 39.4 Å². The van der Waals surface area contributed by atoms with Gasteiger partial charge >= 0.3 is 0 Å². The van der Waals surface area contributed by atoms with E-state index < -0.39 is 0 Å². The molecule has 2 rings (SSSR count). The highest BCUT2D eigenvalue weighted by Crippen LogP contribution is 2.28. The molecule has 1 fully saturated rings. The first-order valence-corrected chi connectivity index (χ1v) is 6.94. The summed E-state index contributed by atoms with van der Waals surface area (Å²) in [7, 11) is 0. The molecule has 0 bridgehead atoms. The molecule has 1 saturated heterocycles. The van der Waals surface area contributed by atoms with Crippen molar-refractivity contribution in [2.45, 2.75) is 25.8 Å². The van der Waals surface area contributed by atoms with Crippen LogP contribution in [0.3, 0.4) is 0 Å². The van der Waals surface area contributed by atoms with Crippen molar-refractivity contribution in [2.75, 3.05) is 6.54 Å². The number of thiocarbonyl (C=S) groups is 2. The van der Waals surface area contributed by atoms with Crippen LogP contribution in [0.4, 0.5) is 5.69 Å². The van der Waals surface area contributed by atoms with E-state index in [0.29, 0.717) is 16.1 Å². The molecule has 0 saturated carbocycles. The quantitative estimate of drug-likeness (QED) is 0.487. The van der Waals surface area contributed by atoms with Gasteiger partial charge in [0.15, 0.2) is 0 Å². The average molecular weight is 294 g/mol. The van der Waals surface area contributed by atoms with Crippen molar-refractivity contribution >= 4 is 40.5 Å². The second-order valence-corrected chi connectivity index (χ2v) is 5.23. The number of aryl methyl sites for hydroxylation is 1. The number of hydrogen-bond acceptors (Lipinski definition) is 4. The molecule has 1 aliphatic rings. The zero-order valence-electron chi connectivity index (χ0n) is 10.5. The number of nitrogens with zero attached hydrogens (tertiary/aromatic N) is 2. The predicted molar refractivity (Wildman–Crippen MR) is 82.9 cm³/mol. The fourth-order valence-electron chi connectivity index (χ4n) is 2.41. The number of nitro benzene ring substituents is 1. The Morgan fingerprint density at radius 2 is 2.32 bits per heavy atom. The van der Waals surface area contributed by atoms with Gasteiger partial charge in [-0.1, -0.05) is 36.6 Å². The van der Waals surface area contributed by atoms with Crippen LogP contribution in [-0.2, 0) is 0 Å². The maximum absolute atomic E-state index is 11.2. The summed E-state index contributed by atoms with van der Waals surface area (Å²) in [4.78, 5) is 13.4. The lowest BCUT2D eigenvalue weighted by atomic mass is 10.1. The summed E-state index contributed by atoms with van der Waals surface area (Å²) in [5.74, 6) is 0. The SMILES string of the molecule is Cc1cccc(C(=S)N2CCC[C@H]2C=S)c1[N+](=O)[O-]. The van der Waals surface area contributed by atoms with Gasteiger partial charge in [0.25, 0.3) is 5.69 Å². The molecule has 1 heterocycles. The summed E-state index contributed by atoms with van der Waals surface area (Å²) < 4.78 is 0. The van der Waals surface area contributed by atoms with Gasteiger partial charge in [-0.05, 0) is 25.8 Å². The summed E-state index contributed by atoms with van der Waals surface area (Å²) in [5.41, 5.74) is 1.24. The molecule has 0 unspecified atom stereocenters. The Kier molecular flexibility index (Phi) is 4.21. The van der Waals surface area contributed by atoms with Crippen molar-refractivity contribution in [3.8, 4) is 0 Å². The van der Waals surface area contributed by atoms with Gasteiger partial charge in [0.2, 0.25) is 0 Å². The second kappa shape index (κ2) is 5.71. The van der Waals surface area contributed by atoms with E-state index in [2.05, 4.69) is 0 Å². The fraction of sp³-hybridized carbons (Fsp3) is 0.385. The van der Waals surface area contributed by atoms with Gasteiger partial charge in [-0.3, -0.25) is 10.1 Å². The summed E-state index contributed by atoms with van der Waals surface area (Å²) in [6.45, 7) is 2.53. The van der Waals surface area contributed by atoms with E-state index in [0.717, 1.165) is 19.4 Å². The van der Waals surface area contributed by atoms with Crippen LogP contribution >= 0.6 is 24.4 Å². The first-order chi connectivity index (χ1) is 9.06. The average Bonchev–Trinajstić information content (AvgIpc) is 2.85. The smallest absolute Gasteiger partial charge is 0.282 e. The minimum atomic E-state index is -0.362. The molecule has 4 nitrogen and oxygen atoms in total. The Morgan fingerprint density at radius 3 is 2.95 bits per heavy atom. The van der Waals surface area contributed by atoms with Crippen LogP contribution in [0.1, 0.15) is 24.0 Å². The highest BCUT2D eigenvalue weighted by Gasteiger charge is 2.29. The second-order valence-electron chi connectivity index (χ2n) is 4.57. The van der Waals surface area contributed by atoms with Gasteiger partial charge < -0.3 is 4.90 Å². The molecule has 6 heteroatoms. The zero-order valence-corrected chi connectivity index (χ0v) is 12.2. The number of likely N-dealkylation sites (tertiary alicyclic amines) is 1. The van der Waals surface area contributed by atoms with E-state index in [1.807, 2.05) is 4.90 Å². The Hall–Kier alpha value is -1.40. The molecule has 1 aromatic rings. The molecular formula is C13H14N2O2S2. The van der Waals surface area contributed by atoms with Crippen LogP contribution < -0.4 is 0 Å². The lowest BCUT2D eigenvalue weighted by Crippen LogP contribution is -2.35. The number of benzene rings is 1. The monoisotopic (exact) mass is 294 g/mol. The molecule has 1 aromatic carbocycles. The molecule has 1 aliphatic heterocycles. The largest absolute Gasteiger partial charge is 0.355 e. The minimum Gasteiger partial charge on any atom is -0.355 e. The van der Waals surface area contributed by atoms with Gasteiger partial charge in [0, 0.05) is 17.5 Å². The molecule has 1 atom stereocenters. The summed E-state index contributed by atoms with van der Waals surface area (Å²) in [5, 5.41) is 12.9. The van der Waals surface area contributed by atoms with E-state index in [9.17, 15) is 10.1 Å². The van der Waals surface area contributed by atoms with E-state index in [-0.39, 0.29) is 16.7 Å². The Morgan fingerprint density at radius 1 is 1.58 bits per heavy atom. The first kappa shape index (κ1) is 14.0. The summed E-state index contributed by atoms with van der Waals surface area (Å²) >= 11 is 10.5. The van der Waals surface area contributed by atoms with Gasteiger partial charge in [0.1, 0.15) is 4.99 Å². The molecule has 100 valence electrons. The normalized spacial score (nSPS) is 18.4. The number of hydrogen-bond donors (Lipinski definition) is 0. The van der Waals surface area contributed by atoms with Gasteiger partial charge in [-0.25, -0.2) is 0 Å². The highest BCUT2D eigenvalue weighted by atomic mass is 32.1. The standard InChI is InChI=1S/C13H14N2O2S2/c1-9-4-2-6-11(12(9)15(16)17)13(19)14-7-3-5-10(14)8-18/h2,4,6,8,10H,3,5,7H2,1H3/t10-/m0/s1. The van der Waals surface area contributed by atoms with Crippen molar-refractivity contribution in [1.82, 2.24) is 4.90 Å². The fourth-order valence-corrected chi connectivity index (χ4v) is 3.09. The van der Waals surface area contributed by atoms with Crippen LogP contribution in [-0.4, -0.2) is 32.8 Å². The molecule has 0 amide bonds. The molecule has 0 spiro atoms. The lowest BCUT2D eigenvalue weighted by molar-refractivity contribution is -0.385. The third-order valence-corrected chi connectivity index (χ3v) is 4.14. The Labute approximate surface area is 122 Å².